The van der Waals surface area contributed by atoms with Crippen molar-refractivity contribution >= 4 is 29.3 Å². The Morgan fingerprint density at radius 3 is 2.50 bits per heavy atom. The number of rotatable bonds is 10. The van der Waals surface area contributed by atoms with Gasteiger partial charge in [-0.05, 0) is 29.3 Å². The molecule has 0 unspecified atom stereocenters. The van der Waals surface area contributed by atoms with Crippen LogP contribution in [0.4, 0.5) is 5.69 Å². The number of aromatic nitrogens is 2. The van der Waals surface area contributed by atoms with E-state index in [0.717, 1.165) is 16.7 Å². The van der Waals surface area contributed by atoms with Gasteiger partial charge >= 0.3 is 5.97 Å². The monoisotopic (exact) mass is 509 g/mol. The Labute approximate surface area is 212 Å². The lowest BCUT2D eigenvalue weighted by molar-refractivity contribution is -0.245. The molecular formula is C26H27N3O6S. The van der Waals surface area contributed by atoms with Crippen molar-refractivity contribution in [2.75, 3.05) is 11.1 Å². The lowest BCUT2D eigenvalue weighted by Gasteiger charge is -2.36. The van der Waals surface area contributed by atoms with E-state index in [2.05, 4.69) is 15.3 Å². The maximum absolute atomic E-state index is 12.1. The summed E-state index contributed by atoms with van der Waals surface area (Å²) in [5.41, 5.74) is 3.06. The van der Waals surface area contributed by atoms with Gasteiger partial charge in [0.2, 0.25) is 5.91 Å². The van der Waals surface area contributed by atoms with E-state index in [0.29, 0.717) is 23.0 Å². The Kier molecular flexibility index (Phi) is 9.01. The number of aliphatic carboxylic acids is 1. The second-order valence-corrected chi connectivity index (χ2v) is 9.25. The van der Waals surface area contributed by atoms with Crippen LogP contribution in [-0.4, -0.2) is 43.9 Å². The molecule has 0 radical (unpaired) electrons. The number of aliphatic hydroxyl groups is 1. The molecule has 9 nitrogen and oxygen atoms in total. The van der Waals surface area contributed by atoms with E-state index >= 15 is 0 Å². The van der Waals surface area contributed by atoms with E-state index in [1.54, 1.807) is 36.7 Å². The van der Waals surface area contributed by atoms with Gasteiger partial charge in [0.1, 0.15) is 0 Å². The van der Waals surface area contributed by atoms with E-state index < -0.39 is 12.3 Å². The number of benzene rings is 2. The number of amides is 1. The molecule has 0 aliphatic carbocycles. The first-order valence-electron chi connectivity index (χ1n) is 11.5. The molecule has 1 amide bonds. The third kappa shape index (κ3) is 7.34. The van der Waals surface area contributed by atoms with Gasteiger partial charge in [-0.2, -0.15) is 0 Å². The van der Waals surface area contributed by atoms with Crippen LogP contribution in [0.15, 0.2) is 72.1 Å². The van der Waals surface area contributed by atoms with Crippen LogP contribution in [0.1, 0.15) is 48.3 Å². The van der Waals surface area contributed by atoms with Gasteiger partial charge in [0.25, 0.3) is 0 Å². The summed E-state index contributed by atoms with van der Waals surface area (Å²) in [6, 6.07) is 16.6. The first-order chi connectivity index (χ1) is 17.5. The van der Waals surface area contributed by atoms with Crippen molar-refractivity contribution in [3.05, 3.63) is 83.7 Å². The van der Waals surface area contributed by atoms with Crippen LogP contribution < -0.4 is 5.32 Å². The summed E-state index contributed by atoms with van der Waals surface area (Å²) in [6.45, 7) is -0.0289. The normalized spacial score (nSPS) is 19.5. The number of thioether (sulfide) groups is 1. The van der Waals surface area contributed by atoms with Crippen molar-refractivity contribution in [1.29, 1.82) is 0 Å². The number of hydrogen-bond acceptors (Lipinski definition) is 8. The summed E-state index contributed by atoms with van der Waals surface area (Å²) in [7, 11) is 0. The highest BCUT2D eigenvalue weighted by Gasteiger charge is 2.32. The summed E-state index contributed by atoms with van der Waals surface area (Å²) in [5, 5.41) is 21.6. The molecular weight excluding hydrogens is 482 g/mol. The van der Waals surface area contributed by atoms with Crippen LogP contribution in [0.2, 0.25) is 0 Å². The van der Waals surface area contributed by atoms with Crippen LogP contribution >= 0.6 is 11.8 Å². The first-order valence-corrected chi connectivity index (χ1v) is 12.5. The molecule has 10 heteroatoms. The van der Waals surface area contributed by atoms with E-state index in [9.17, 15) is 14.7 Å². The predicted octanol–water partition coefficient (Wildman–Crippen LogP) is 4.11. The van der Waals surface area contributed by atoms with Crippen molar-refractivity contribution in [1.82, 2.24) is 9.97 Å². The van der Waals surface area contributed by atoms with Crippen LogP contribution in [-0.2, 0) is 25.7 Å². The minimum absolute atomic E-state index is 0.0289. The van der Waals surface area contributed by atoms with Crippen molar-refractivity contribution < 1.29 is 29.3 Å². The van der Waals surface area contributed by atoms with Crippen molar-refractivity contribution in [2.24, 2.45) is 0 Å². The topological polar surface area (TPSA) is 131 Å². The molecule has 2 heterocycles. The Bertz CT molecular complexity index is 1160. The number of carboxylic acid groups (broad SMARTS) is 1. The largest absolute Gasteiger partial charge is 0.481 e. The highest BCUT2D eigenvalue weighted by molar-refractivity contribution is 7.99. The molecule has 0 spiro atoms. The zero-order valence-electron chi connectivity index (χ0n) is 19.4. The summed E-state index contributed by atoms with van der Waals surface area (Å²) in [6.07, 6.45) is 2.60. The highest BCUT2D eigenvalue weighted by atomic mass is 32.2. The Morgan fingerprint density at radius 1 is 1.00 bits per heavy atom. The number of nitrogens with zero attached hydrogens (tertiary/aromatic N) is 2. The molecule has 1 aliphatic rings. The van der Waals surface area contributed by atoms with Gasteiger partial charge < -0.3 is 25.0 Å². The zero-order valence-corrected chi connectivity index (χ0v) is 20.3. The number of anilines is 1. The predicted molar refractivity (Wildman–Crippen MR) is 133 cm³/mol. The Hall–Kier alpha value is -3.31. The SMILES string of the molecule is O=C(O)CCC(=O)Nc1cccc([C@@H]2O[C@H](CSc3ncccn3)C[C@H](c3ccc(CO)cc3)O2)c1. The minimum atomic E-state index is -1.02. The minimum Gasteiger partial charge on any atom is -0.481 e. The van der Waals surface area contributed by atoms with E-state index in [-0.39, 0.29) is 37.6 Å². The van der Waals surface area contributed by atoms with E-state index in [4.69, 9.17) is 14.6 Å². The molecule has 1 fully saturated rings. The van der Waals surface area contributed by atoms with E-state index in [1.807, 2.05) is 30.3 Å². The van der Waals surface area contributed by atoms with E-state index in [1.165, 1.54) is 11.8 Å². The third-order valence-corrected chi connectivity index (χ3v) is 6.57. The average molecular weight is 510 g/mol. The maximum atomic E-state index is 12.1. The van der Waals surface area contributed by atoms with Crippen LogP contribution in [0.3, 0.4) is 0 Å². The molecule has 188 valence electrons. The van der Waals surface area contributed by atoms with Crippen molar-refractivity contribution in [3.63, 3.8) is 0 Å². The molecule has 1 aromatic heterocycles. The summed E-state index contributed by atoms with van der Waals surface area (Å²) >= 11 is 1.51. The molecule has 3 N–H and O–H groups in total. The van der Waals surface area contributed by atoms with Gasteiger partial charge in [0.15, 0.2) is 11.4 Å². The number of hydrogen-bond donors (Lipinski definition) is 3. The number of ether oxygens (including phenoxy) is 2. The molecule has 0 bridgehead atoms. The summed E-state index contributed by atoms with van der Waals surface area (Å²) in [4.78, 5) is 31.4. The van der Waals surface area contributed by atoms with Gasteiger partial charge in [0, 0.05) is 42.2 Å². The van der Waals surface area contributed by atoms with Crippen LogP contribution in [0.25, 0.3) is 0 Å². The van der Waals surface area contributed by atoms with Gasteiger partial charge in [-0.25, -0.2) is 9.97 Å². The van der Waals surface area contributed by atoms with Crippen LogP contribution in [0.5, 0.6) is 0 Å². The van der Waals surface area contributed by atoms with Crippen LogP contribution in [0, 0.1) is 0 Å². The molecule has 2 aromatic carbocycles. The Morgan fingerprint density at radius 2 is 1.78 bits per heavy atom. The lowest BCUT2D eigenvalue weighted by atomic mass is 10.0. The summed E-state index contributed by atoms with van der Waals surface area (Å²) < 4.78 is 12.6. The number of nitrogens with one attached hydrogen (secondary N) is 1. The second kappa shape index (κ2) is 12.6. The smallest absolute Gasteiger partial charge is 0.303 e. The number of carboxylic acids is 1. The molecule has 36 heavy (non-hydrogen) atoms. The maximum Gasteiger partial charge on any atom is 0.303 e. The molecule has 1 saturated heterocycles. The third-order valence-electron chi connectivity index (χ3n) is 5.56. The highest BCUT2D eigenvalue weighted by Crippen LogP contribution is 2.39. The van der Waals surface area contributed by atoms with Gasteiger partial charge in [-0.15, -0.1) is 0 Å². The molecule has 0 saturated carbocycles. The van der Waals surface area contributed by atoms with Gasteiger partial charge in [-0.3, -0.25) is 9.59 Å². The number of carbonyl (C=O) groups excluding carboxylic acids is 1. The zero-order chi connectivity index (χ0) is 25.3. The van der Waals surface area contributed by atoms with Crippen molar-refractivity contribution in [3.8, 4) is 0 Å². The number of aliphatic hydroxyl groups excluding tert-OH is 1. The lowest BCUT2D eigenvalue weighted by Crippen LogP contribution is -2.31. The fourth-order valence-electron chi connectivity index (χ4n) is 3.76. The standard InChI is InChI=1S/C26H27N3O6S/c30-15-17-5-7-18(8-6-17)22-14-21(16-36-26-27-11-2-12-28-26)34-25(35-22)19-3-1-4-20(13-19)29-23(31)9-10-24(32)33/h1-8,11-13,21-22,25,30H,9-10,14-16H2,(H,29,31)(H,32,33)/t21-,22+,25+/m0/s1. The molecule has 3 aromatic rings. The molecule has 3 atom stereocenters. The fourth-order valence-corrected chi connectivity index (χ4v) is 4.58. The Balaban J connectivity index is 1.50. The molecule has 4 rings (SSSR count). The van der Waals surface area contributed by atoms with Gasteiger partial charge in [0.05, 0.1) is 25.2 Å². The first kappa shape index (κ1) is 25.8. The van der Waals surface area contributed by atoms with Gasteiger partial charge in [-0.1, -0.05) is 48.2 Å². The number of carbonyl (C=O) groups is 2. The summed E-state index contributed by atoms with van der Waals surface area (Å²) in [5.74, 6) is -0.773. The fraction of sp³-hybridized carbons (Fsp3) is 0.308. The molecule has 1 aliphatic heterocycles. The van der Waals surface area contributed by atoms with Crippen molar-refractivity contribution in [2.45, 2.75) is 49.5 Å². The average Bonchev–Trinajstić information content (AvgIpc) is 2.91. The quantitative estimate of drug-likeness (QED) is 0.273. The second-order valence-electron chi connectivity index (χ2n) is 8.26.